The number of phenolic OH excluding ortho intramolecular Hbond substituents is 4. The van der Waals surface area contributed by atoms with E-state index in [0.717, 1.165) is 18.2 Å². The molecule has 0 bridgehead atoms. The lowest BCUT2D eigenvalue weighted by molar-refractivity contribution is -0.149. The fraction of sp³-hybridized carbons (Fsp3) is 0. The Morgan fingerprint density at radius 1 is 0.769 bits per heavy atom. The molecule has 1 aliphatic rings. The van der Waals surface area contributed by atoms with Gasteiger partial charge in [-0.25, -0.2) is 4.79 Å². The summed E-state index contributed by atoms with van der Waals surface area (Å²) in [6.07, 6.45) is 1.18. The molecule has 0 amide bonds. The highest BCUT2D eigenvalue weighted by molar-refractivity contribution is 6.53. The van der Waals surface area contributed by atoms with Gasteiger partial charge in [-0.3, -0.25) is 4.79 Å². The molecule has 26 heavy (non-hydrogen) atoms. The molecule has 0 saturated heterocycles. The van der Waals surface area contributed by atoms with E-state index >= 15 is 0 Å². The van der Waals surface area contributed by atoms with E-state index in [-0.39, 0.29) is 22.6 Å². The average Bonchev–Trinajstić information content (AvgIpc) is 2.59. The van der Waals surface area contributed by atoms with Gasteiger partial charge < -0.3 is 30.3 Å². The number of hydrogen-bond donors (Lipinski definition) is 5. The standard InChI is InChI=1S/C18H12O8/c19-10-3-1-8(5-12(10)21)6-14-16(23)15(17(24)18(25)26-14)9-2-4-11(20)13(22)7-9/h1-7,19-23H. The van der Waals surface area contributed by atoms with Gasteiger partial charge >= 0.3 is 5.97 Å². The number of cyclic esters (lactones) is 1. The number of ketones is 1. The molecule has 1 heterocycles. The number of esters is 1. The normalized spacial score (nSPS) is 16.1. The summed E-state index contributed by atoms with van der Waals surface area (Å²) in [4.78, 5) is 23.9. The molecule has 0 aromatic heterocycles. The highest BCUT2D eigenvalue weighted by Gasteiger charge is 2.34. The number of carbonyl (C=O) groups excluding carboxylic acids is 2. The van der Waals surface area contributed by atoms with Crippen molar-refractivity contribution >= 4 is 23.4 Å². The van der Waals surface area contributed by atoms with Gasteiger partial charge in [0.15, 0.2) is 34.5 Å². The summed E-state index contributed by atoms with van der Waals surface area (Å²) in [5.74, 6) is -5.15. The number of Topliss-reactive ketones (excluding diaryl/α,β-unsaturated/α-hetero) is 1. The SMILES string of the molecule is O=C1OC(=Cc2ccc(O)c(O)c2)C(O)=C(c2ccc(O)c(O)c2)C1=O. The molecule has 5 N–H and O–H groups in total. The lowest BCUT2D eigenvalue weighted by Gasteiger charge is -2.18. The van der Waals surface area contributed by atoms with E-state index < -0.39 is 40.3 Å². The van der Waals surface area contributed by atoms with Crippen molar-refractivity contribution in [2.75, 3.05) is 0 Å². The first-order valence-corrected chi connectivity index (χ1v) is 7.24. The summed E-state index contributed by atoms with van der Waals surface area (Å²) >= 11 is 0. The zero-order valence-electron chi connectivity index (χ0n) is 13.0. The molecule has 2 aromatic carbocycles. The predicted molar refractivity (Wildman–Crippen MR) is 88.2 cm³/mol. The van der Waals surface area contributed by atoms with E-state index in [1.54, 1.807) is 0 Å². The Kier molecular flexibility index (Phi) is 4.01. The first-order valence-electron chi connectivity index (χ1n) is 7.24. The van der Waals surface area contributed by atoms with Gasteiger partial charge in [0.1, 0.15) is 0 Å². The van der Waals surface area contributed by atoms with Crippen molar-refractivity contribution in [3.63, 3.8) is 0 Å². The first-order chi connectivity index (χ1) is 12.3. The largest absolute Gasteiger partial charge is 0.504 e. The van der Waals surface area contributed by atoms with E-state index in [4.69, 9.17) is 4.74 Å². The summed E-state index contributed by atoms with van der Waals surface area (Å²) < 4.78 is 4.80. The second-order valence-electron chi connectivity index (χ2n) is 5.40. The van der Waals surface area contributed by atoms with Crippen LogP contribution < -0.4 is 0 Å². The number of carbonyl (C=O) groups is 2. The maximum atomic E-state index is 12.1. The first kappa shape index (κ1) is 16.9. The molecule has 8 nitrogen and oxygen atoms in total. The van der Waals surface area contributed by atoms with Gasteiger partial charge in [-0.15, -0.1) is 0 Å². The minimum Gasteiger partial charge on any atom is -0.504 e. The van der Waals surface area contributed by atoms with Crippen LogP contribution in [0.25, 0.3) is 11.6 Å². The molecule has 0 fully saturated rings. The van der Waals surface area contributed by atoms with Gasteiger partial charge in [0.05, 0.1) is 5.57 Å². The molecule has 0 atom stereocenters. The molecule has 0 spiro atoms. The van der Waals surface area contributed by atoms with E-state index in [0.29, 0.717) is 0 Å². The van der Waals surface area contributed by atoms with Gasteiger partial charge in [0.2, 0.25) is 0 Å². The highest BCUT2D eigenvalue weighted by Crippen LogP contribution is 2.35. The number of ether oxygens (including phenoxy) is 1. The highest BCUT2D eigenvalue weighted by atomic mass is 16.6. The predicted octanol–water partition coefficient (Wildman–Crippen LogP) is 1.95. The van der Waals surface area contributed by atoms with E-state index in [2.05, 4.69) is 0 Å². The number of rotatable bonds is 2. The monoisotopic (exact) mass is 356 g/mol. The summed E-state index contributed by atoms with van der Waals surface area (Å²) in [7, 11) is 0. The van der Waals surface area contributed by atoms with Crippen LogP contribution in [-0.4, -0.2) is 37.3 Å². The Morgan fingerprint density at radius 3 is 2.00 bits per heavy atom. The average molecular weight is 356 g/mol. The van der Waals surface area contributed by atoms with Crippen LogP contribution >= 0.6 is 0 Å². The third-order valence-electron chi connectivity index (χ3n) is 3.65. The lowest BCUT2D eigenvalue weighted by atomic mass is 9.97. The maximum Gasteiger partial charge on any atom is 0.385 e. The quantitative estimate of drug-likeness (QED) is 0.312. The molecule has 3 rings (SSSR count). The van der Waals surface area contributed by atoms with Crippen molar-refractivity contribution in [3.8, 4) is 23.0 Å². The minimum absolute atomic E-state index is 0.00102. The number of aliphatic hydroxyl groups excluding tert-OH is 1. The lowest BCUT2D eigenvalue weighted by Crippen LogP contribution is -2.25. The van der Waals surface area contributed by atoms with Crippen molar-refractivity contribution in [2.45, 2.75) is 0 Å². The van der Waals surface area contributed by atoms with Crippen molar-refractivity contribution in [3.05, 3.63) is 59.0 Å². The van der Waals surface area contributed by atoms with Crippen molar-refractivity contribution in [1.82, 2.24) is 0 Å². The van der Waals surface area contributed by atoms with Crippen LogP contribution in [0.3, 0.4) is 0 Å². The van der Waals surface area contributed by atoms with Crippen LogP contribution in [0, 0.1) is 0 Å². The maximum absolute atomic E-state index is 12.1. The van der Waals surface area contributed by atoms with Crippen molar-refractivity contribution in [1.29, 1.82) is 0 Å². The third-order valence-corrected chi connectivity index (χ3v) is 3.65. The third kappa shape index (κ3) is 2.91. The fourth-order valence-electron chi connectivity index (χ4n) is 2.35. The zero-order chi connectivity index (χ0) is 19.0. The molecule has 0 unspecified atom stereocenters. The molecule has 8 heteroatoms. The molecular formula is C18H12O8. The minimum atomic E-state index is -1.25. The number of phenols is 4. The Morgan fingerprint density at radius 2 is 1.38 bits per heavy atom. The molecule has 0 aliphatic carbocycles. The zero-order valence-corrected chi connectivity index (χ0v) is 13.0. The van der Waals surface area contributed by atoms with Crippen LogP contribution in [0.4, 0.5) is 0 Å². The Hall–Kier alpha value is -3.94. The van der Waals surface area contributed by atoms with E-state index in [1.807, 2.05) is 0 Å². The Labute approximate surface area is 146 Å². The van der Waals surface area contributed by atoms with Crippen LogP contribution in [0.2, 0.25) is 0 Å². The number of hydrogen-bond acceptors (Lipinski definition) is 8. The fourth-order valence-corrected chi connectivity index (χ4v) is 2.35. The Bertz CT molecular complexity index is 1000. The number of aromatic hydroxyl groups is 4. The Balaban J connectivity index is 2.14. The molecule has 132 valence electrons. The molecule has 0 radical (unpaired) electrons. The van der Waals surface area contributed by atoms with Crippen LogP contribution in [-0.2, 0) is 14.3 Å². The summed E-state index contributed by atoms with van der Waals surface area (Å²) in [5, 5.41) is 48.1. The van der Waals surface area contributed by atoms with Gasteiger partial charge in [-0.1, -0.05) is 12.1 Å². The number of aliphatic hydroxyl groups is 1. The van der Waals surface area contributed by atoms with Crippen molar-refractivity contribution in [2.24, 2.45) is 0 Å². The second-order valence-corrected chi connectivity index (χ2v) is 5.40. The van der Waals surface area contributed by atoms with Gasteiger partial charge in [0, 0.05) is 0 Å². The van der Waals surface area contributed by atoms with E-state index in [9.17, 15) is 35.1 Å². The van der Waals surface area contributed by atoms with E-state index in [1.165, 1.54) is 24.3 Å². The smallest absolute Gasteiger partial charge is 0.385 e. The van der Waals surface area contributed by atoms with Crippen LogP contribution in [0.1, 0.15) is 11.1 Å². The summed E-state index contributed by atoms with van der Waals surface area (Å²) in [5.41, 5.74) is -0.137. The molecule has 0 saturated carbocycles. The van der Waals surface area contributed by atoms with Crippen molar-refractivity contribution < 1.29 is 39.9 Å². The van der Waals surface area contributed by atoms with Crippen LogP contribution in [0.5, 0.6) is 23.0 Å². The molecule has 1 aliphatic heterocycles. The van der Waals surface area contributed by atoms with Gasteiger partial charge in [0.25, 0.3) is 5.78 Å². The van der Waals surface area contributed by atoms with Gasteiger partial charge in [-0.05, 0) is 41.5 Å². The molecular weight excluding hydrogens is 344 g/mol. The summed E-state index contributed by atoms with van der Waals surface area (Å²) in [6.45, 7) is 0. The van der Waals surface area contributed by atoms with Gasteiger partial charge in [-0.2, -0.15) is 0 Å². The second kappa shape index (κ2) is 6.17. The van der Waals surface area contributed by atoms with Crippen LogP contribution in [0.15, 0.2) is 47.9 Å². The topological polar surface area (TPSA) is 145 Å². The summed E-state index contributed by atoms with van der Waals surface area (Å²) in [6, 6.07) is 7.08. The number of benzene rings is 2. The molecule has 2 aromatic rings.